The lowest BCUT2D eigenvalue weighted by Crippen LogP contribution is -2.38. The molecule has 0 aromatic heterocycles. The van der Waals surface area contributed by atoms with Gasteiger partial charge in [0.15, 0.2) is 0 Å². The molecule has 1 fully saturated rings. The number of alkyl halides is 1. The quantitative estimate of drug-likeness (QED) is 0.663. The Morgan fingerprint density at radius 3 is 2.64 bits per heavy atom. The molecule has 1 saturated carbocycles. The summed E-state index contributed by atoms with van der Waals surface area (Å²) in [5, 5.41) is 10.1. The lowest BCUT2D eigenvalue weighted by Gasteiger charge is -2.29. The van der Waals surface area contributed by atoms with Gasteiger partial charge < -0.3 is 5.11 Å². The van der Waals surface area contributed by atoms with E-state index in [1.54, 1.807) is 0 Å². The van der Waals surface area contributed by atoms with Crippen molar-refractivity contribution in [2.24, 2.45) is 5.92 Å². The third-order valence-corrected chi connectivity index (χ3v) is 3.47. The van der Waals surface area contributed by atoms with E-state index in [1.807, 2.05) is 24.3 Å². The van der Waals surface area contributed by atoms with Crippen molar-refractivity contribution >= 4 is 15.9 Å². The molecule has 1 N–H and O–H groups in total. The largest absolute Gasteiger partial charge is 0.384 e. The minimum atomic E-state index is -0.602. The fourth-order valence-corrected chi connectivity index (χ4v) is 2.23. The zero-order valence-electron chi connectivity index (χ0n) is 6.20. The van der Waals surface area contributed by atoms with Gasteiger partial charge in [0.2, 0.25) is 0 Å². The molecule has 60 valence electrons. The second kappa shape index (κ2) is 2.46. The van der Waals surface area contributed by atoms with E-state index in [0.29, 0.717) is 5.92 Å². The van der Waals surface area contributed by atoms with Gasteiger partial charge in [-0.25, -0.2) is 0 Å². The number of aliphatic hydroxyl groups is 1. The van der Waals surface area contributed by atoms with Crippen molar-refractivity contribution in [1.29, 1.82) is 0 Å². The van der Waals surface area contributed by atoms with Crippen molar-refractivity contribution in [2.75, 3.05) is 0 Å². The molecule has 0 amide bonds. The number of hydrogen-bond acceptors (Lipinski definition) is 1. The van der Waals surface area contributed by atoms with Crippen molar-refractivity contribution < 1.29 is 5.11 Å². The Kier molecular flexibility index (Phi) is 1.69. The van der Waals surface area contributed by atoms with Crippen LogP contribution in [0.25, 0.3) is 0 Å². The normalized spacial score (nSPS) is 42.9. The van der Waals surface area contributed by atoms with E-state index < -0.39 is 5.60 Å². The summed E-state index contributed by atoms with van der Waals surface area (Å²) >= 11 is 3.46. The van der Waals surface area contributed by atoms with Crippen molar-refractivity contribution in [3.05, 3.63) is 24.3 Å². The van der Waals surface area contributed by atoms with Gasteiger partial charge in [0.05, 0.1) is 4.83 Å². The van der Waals surface area contributed by atoms with Gasteiger partial charge in [-0.15, -0.1) is 0 Å². The van der Waals surface area contributed by atoms with Crippen LogP contribution >= 0.6 is 15.9 Å². The fraction of sp³-hybridized carbons (Fsp3) is 0.556. The fourth-order valence-electron chi connectivity index (χ4n) is 1.52. The van der Waals surface area contributed by atoms with Crippen LogP contribution < -0.4 is 0 Å². The van der Waals surface area contributed by atoms with Crippen molar-refractivity contribution in [3.8, 4) is 0 Å². The summed E-state index contributed by atoms with van der Waals surface area (Å²) in [6.07, 6.45) is 10.1. The molecule has 0 saturated heterocycles. The first-order valence-electron chi connectivity index (χ1n) is 3.96. The van der Waals surface area contributed by atoms with Crippen LogP contribution in [0.3, 0.4) is 0 Å². The van der Waals surface area contributed by atoms with Crippen LogP contribution in [0.2, 0.25) is 0 Å². The van der Waals surface area contributed by atoms with E-state index in [2.05, 4.69) is 15.9 Å². The minimum absolute atomic E-state index is 0.104. The van der Waals surface area contributed by atoms with Crippen molar-refractivity contribution in [2.45, 2.75) is 23.3 Å². The molecular weight excluding hydrogens is 204 g/mol. The molecule has 2 unspecified atom stereocenters. The SMILES string of the molecule is OC1(C2CC2)C=CC=CC1Br. The molecule has 0 radical (unpaired) electrons. The predicted octanol–water partition coefficient (Wildman–Crippen LogP) is 2.02. The van der Waals surface area contributed by atoms with Crippen LogP contribution in [0.1, 0.15) is 12.8 Å². The summed E-state index contributed by atoms with van der Waals surface area (Å²) in [5.74, 6) is 0.480. The summed E-state index contributed by atoms with van der Waals surface area (Å²) in [6.45, 7) is 0. The molecular formula is C9H11BrO. The highest BCUT2D eigenvalue weighted by atomic mass is 79.9. The van der Waals surface area contributed by atoms with Crippen LogP contribution in [0, 0.1) is 5.92 Å². The molecule has 0 spiro atoms. The van der Waals surface area contributed by atoms with Crippen LogP contribution in [-0.4, -0.2) is 15.5 Å². The van der Waals surface area contributed by atoms with E-state index in [0.717, 1.165) is 12.8 Å². The first-order valence-corrected chi connectivity index (χ1v) is 4.87. The van der Waals surface area contributed by atoms with E-state index in [9.17, 15) is 5.11 Å². The topological polar surface area (TPSA) is 20.2 Å². The maximum Gasteiger partial charge on any atom is 0.102 e. The molecule has 2 aliphatic carbocycles. The van der Waals surface area contributed by atoms with Gasteiger partial charge in [-0.05, 0) is 18.8 Å². The number of rotatable bonds is 1. The Morgan fingerprint density at radius 2 is 2.09 bits per heavy atom. The van der Waals surface area contributed by atoms with E-state index >= 15 is 0 Å². The van der Waals surface area contributed by atoms with Crippen LogP contribution in [0.4, 0.5) is 0 Å². The Morgan fingerprint density at radius 1 is 1.36 bits per heavy atom. The third kappa shape index (κ3) is 1.18. The van der Waals surface area contributed by atoms with Gasteiger partial charge in [0.25, 0.3) is 0 Å². The van der Waals surface area contributed by atoms with Crippen LogP contribution in [0.5, 0.6) is 0 Å². The lowest BCUT2D eigenvalue weighted by molar-refractivity contribution is 0.0764. The van der Waals surface area contributed by atoms with Gasteiger partial charge >= 0.3 is 0 Å². The van der Waals surface area contributed by atoms with Crippen molar-refractivity contribution in [1.82, 2.24) is 0 Å². The molecule has 0 aromatic rings. The molecule has 0 bridgehead atoms. The molecule has 0 aliphatic heterocycles. The van der Waals surface area contributed by atoms with Gasteiger partial charge in [-0.3, -0.25) is 0 Å². The Labute approximate surface area is 74.9 Å². The Hall–Kier alpha value is -0.0800. The maximum atomic E-state index is 10.1. The molecule has 0 aromatic carbocycles. The lowest BCUT2D eigenvalue weighted by atomic mass is 9.90. The number of allylic oxidation sites excluding steroid dienone is 2. The molecule has 2 heteroatoms. The summed E-state index contributed by atoms with van der Waals surface area (Å²) in [4.78, 5) is 0.104. The average molecular weight is 215 g/mol. The summed E-state index contributed by atoms with van der Waals surface area (Å²) < 4.78 is 0. The van der Waals surface area contributed by atoms with Crippen LogP contribution in [-0.2, 0) is 0 Å². The monoisotopic (exact) mass is 214 g/mol. The molecule has 1 nitrogen and oxygen atoms in total. The highest BCUT2D eigenvalue weighted by molar-refractivity contribution is 9.09. The van der Waals surface area contributed by atoms with Gasteiger partial charge in [0, 0.05) is 0 Å². The van der Waals surface area contributed by atoms with Gasteiger partial charge in [0.1, 0.15) is 5.60 Å². The first kappa shape index (κ1) is 7.56. The van der Waals surface area contributed by atoms with Gasteiger partial charge in [-0.2, -0.15) is 0 Å². The maximum absolute atomic E-state index is 10.1. The minimum Gasteiger partial charge on any atom is -0.384 e. The third-order valence-electron chi connectivity index (χ3n) is 2.43. The molecule has 2 atom stereocenters. The molecule has 11 heavy (non-hydrogen) atoms. The zero-order valence-corrected chi connectivity index (χ0v) is 7.79. The smallest absolute Gasteiger partial charge is 0.102 e. The van der Waals surface area contributed by atoms with Gasteiger partial charge in [-0.1, -0.05) is 40.2 Å². The second-order valence-electron chi connectivity index (χ2n) is 3.31. The van der Waals surface area contributed by atoms with Crippen LogP contribution in [0.15, 0.2) is 24.3 Å². The van der Waals surface area contributed by atoms with Crippen molar-refractivity contribution in [3.63, 3.8) is 0 Å². The highest BCUT2D eigenvalue weighted by Crippen LogP contribution is 2.45. The summed E-state index contributed by atoms with van der Waals surface area (Å²) in [7, 11) is 0. The van der Waals surface area contributed by atoms with E-state index in [4.69, 9.17) is 0 Å². The predicted molar refractivity (Wildman–Crippen MR) is 48.7 cm³/mol. The standard InChI is InChI=1S/C9H11BrO/c10-8-3-1-2-6-9(8,11)7-4-5-7/h1-3,6-8,11H,4-5H2. The van der Waals surface area contributed by atoms with E-state index in [-0.39, 0.29) is 4.83 Å². The first-order chi connectivity index (χ1) is 5.23. The number of hydrogen-bond donors (Lipinski definition) is 1. The van der Waals surface area contributed by atoms with E-state index in [1.165, 1.54) is 0 Å². The average Bonchev–Trinajstić information content (AvgIpc) is 2.77. The number of halogens is 1. The summed E-state index contributed by atoms with van der Waals surface area (Å²) in [5.41, 5.74) is -0.602. The summed E-state index contributed by atoms with van der Waals surface area (Å²) in [6, 6.07) is 0. The molecule has 2 aliphatic rings. The highest BCUT2D eigenvalue weighted by Gasteiger charge is 2.46. The Balaban J connectivity index is 2.22. The second-order valence-corrected chi connectivity index (χ2v) is 4.29. The molecule has 0 heterocycles. The zero-order chi connectivity index (χ0) is 7.90. The Bertz CT molecular complexity index is 218. The molecule has 2 rings (SSSR count).